The molecule has 0 bridgehead atoms. The van der Waals surface area contributed by atoms with E-state index in [9.17, 15) is 22.0 Å². The number of aromatic nitrogens is 2. The summed E-state index contributed by atoms with van der Waals surface area (Å²) in [7, 11) is -4.14. The first-order chi connectivity index (χ1) is 6.71. The number of carboxylic acid groups (broad SMARTS) is 1. The second kappa shape index (κ2) is 3.26. The molecule has 0 saturated carbocycles. The van der Waals surface area contributed by atoms with E-state index in [1.165, 1.54) is 0 Å². The zero-order valence-electron chi connectivity index (χ0n) is 7.39. The second-order valence-electron chi connectivity index (χ2n) is 2.65. The van der Waals surface area contributed by atoms with Crippen LogP contribution in [0.5, 0.6) is 0 Å². The largest absolute Gasteiger partial charge is 0.476 e. The maximum atomic E-state index is 12.8. The number of aliphatic carboxylic acids is 1. The average molecular weight is 240 g/mol. The standard InChI is InChI=1S/C6H6F2N2O4S/c1-10-3-2-9-5(10)15(13,14)6(7,8)4(11)12/h2-3H,1H3,(H,11,12). The lowest BCUT2D eigenvalue weighted by atomic mass is 10.7. The van der Waals surface area contributed by atoms with Crippen LogP contribution >= 0.6 is 0 Å². The van der Waals surface area contributed by atoms with Gasteiger partial charge in [0.05, 0.1) is 0 Å². The van der Waals surface area contributed by atoms with E-state index in [-0.39, 0.29) is 0 Å². The van der Waals surface area contributed by atoms with Gasteiger partial charge in [-0.05, 0) is 0 Å². The third-order valence-corrected chi connectivity index (χ3v) is 3.33. The van der Waals surface area contributed by atoms with E-state index in [1.54, 1.807) is 0 Å². The van der Waals surface area contributed by atoms with Gasteiger partial charge in [0, 0.05) is 19.4 Å². The highest BCUT2D eigenvalue weighted by molar-refractivity contribution is 7.93. The lowest BCUT2D eigenvalue weighted by Crippen LogP contribution is -2.38. The van der Waals surface area contributed by atoms with Crippen molar-refractivity contribution in [2.45, 2.75) is 10.4 Å². The first-order valence-corrected chi connectivity index (χ1v) is 5.02. The van der Waals surface area contributed by atoms with Crippen LogP contribution in [0.25, 0.3) is 0 Å². The number of imidazole rings is 1. The minimum Gasteiger partial charge on any atom is -0.476 e. The van der Waals surface area contributed by atoms with Gasteiger partial charge >= 0.3 is 11.2 Å². The molecule has 84 valence electrons. The summed E-state index contributed by atoms with van der Waals surface area (Å²) in [6.07, 6.45) is 2.09. The Morgan fingerprint density at radius 1 is 1.60 bits per heavy atom. The molecule has 1 aromatic heterocycles. The number of sulfone groups is 1. The number of rotatable bonds is 3. The lowest BCUT2D eigenvalue weighted by Gasteiger charge is -2.11. The molecule has 9 heteroatoms. The van der Waals surface area contributed by atoms with Crippen molar-refractivity contribution in [3.05, 3.63) is 12.4 Å². The summed E-state index contributed by atoms with van der Waals surface area (Å²) in [6, 6.07) is 0. The van der Waals surface area contributed by atoms with Gasteiger partial charge in [-0.3, -0.25) is 0 Å². The summed E-state index contributed by atoms with van der Waals surface area (Å²) in [5.74, 6) is -2.73. The number of alkyl halides is 2. The first kappa shape index (κ1) is 11.6. The molecule has 0 aliphatic rings. The van der Waals surface area contributed by atoms with Gasteiger partial charge in [0.25, 0.3) is 9.84 Å². The third kappa shape index (κ3) is 1.58. The Morgan fingerprint density at radius 3 is 2.47 bits per heavy atom. The van der Waals surface area contributed by atoms with Crippen molar-refractivity contribution in [1.29, 1.82) is 0 Å². The van der Waals surface area contributed by atoms with E-state index in [1.807, 2.05) is 0 Å². The maximum Gasteiger partial charge on any atom is 0.447 e. The van der Waals surface area contributed by atoms with E-state index < -0.39 is 26.2 Å². The number of hydrogen-bond donors (Lipinski definition) is 1. The summed E-state index contributed by atoms with van der Waals surface area (Å²) in [5.41, 5.74) is 0. The Labute approximate surface area is 83.1 Å². The number of aryl methyl sites for hydroxylation is 1. The smallest absolute Gasteiger partial charge is 0.447 e. The van der Waals surface area contributed by atoms with Gasteiger partial charge in [0.2, 0.25) is 5.16 Å². The van der Waals surface area contributed by atoms with Crippen LogP contribution in [0.2, 0.25) is 0 Å². The number of carboxylic acids is 1. The fraction of sp³-hybridized carbons (Fsp3) is 0.333. The monoisotopic (exact) mass is 240 g/mol. The van der Waals surface area contributed by atoms with Gasteiger partial charge in [-0.25, -0.2) is 18.2 Å². The highest BCUT2D eigenvalue weighted by Crippen LogP contribution is 2.27. The number of halogens is 2. The normalized spacial score (nSPS) is 12.7. The summed E-state index contributed by atoms with van der Waals surface area (Å²) >= 11 is 0. The van der Waals surface area contributed by atoms with E-state index in [0.717, 1.165) is 24.0 Å². The fourth-order valence-corrected chi connectivity index (χ4v) is 1.94. The predicted octanol–water partition coefficient (Wildman–Crippen LogP) is -0.129. The molecule has 0 amide bonds. The quantitative estimate of drug-likeness (QED) is 0.795. The van der Waals surface area contributed by atoms with Crippen molar-refractivity contribution in [3.8, 4) is 0 Å². The van der Waals surface area contributed by atoms with Crippen LogP contribution < -0.4 is 0 Å². The Morgan fingerprint density at radius 2 is 2.13 bits per heavy atom. The molecule has 1 aromatic rings. The number of carbonyl (C=O) groups is 1. The van der Waals surface area contributed by atoms with Gasteiger partial charge in [0.1, 0.15) is 0 Å². The third-order valence-electron chi connectivity index (χ3n) is 1.60. The van der Waals surface area contributed by atoms with Crippen LogP contribution in [0.15, 0.2) is 17.6 Å². The van der Waals surface area contributed by atoms with Gasteiger partial charge < -0.3 is 9.67 Å². The molecule has 0 radical (unpaired) electrons. The van der Waals surface area contributed by atoms with Crippen LogP contribution in [-0.4, -0.2) is 34.3 Å². The van der Waals surface area contributed by atoms with Crippen LogP contribution in [0.1, 0.15) is 0 Å². The van der Waals surface area contributed by atoms with Gasteiger partial charge in [0.15, 0.2) is 0 Å². The molecular formula is C6H6F2N2O4S. The molecular weight excluding hydrogens is 234 g/mol. The summed E-state index contributed by atoms with van der Waals surface area (Å²) in [4.78, 5) is 13.3. The molecule has 0 aliphatic carbocycles. The van der Waals surface area contributed by atoms with Crippen LogP contribution in [0, 0.1) is 0 Å². The minimum absolute atomic E-state index is 0.798. The molecule has 0 spiro atoms. The van der Waals surface area contributed by atoms with Crippen molar-refractivity contribution in [2.24, 2.45) is 7.05 Å². The van der Waals surface area contributed by atoms with Crippen molar-refractivity contribution >= 4 is 15.8 Å². The average Bonchev–Trinajstić information content (AvgIpc) is 2.51. The van der Waals surface area contributed by atoms with Crippen LogP contribution in [0.3, 0.4) is 0 Å². The maximum absolute atomic E-state index is 12.8. The number of nitrogens with zero attached hydrogens (tertiary/aromatic N) is 2. The fourth-order valence-electron chi connectivity index (χ4n) is 0.840. The second-order valence-corrected chi connectivity index (χ2v) is 4.53. The Bertz CT molecular complexity index is 493. The molecule has 0 saturated heterocycles. The molecule has 0 atom stereocenters. The predicted molar refractivity (Wildman–Crippen MR) is 43.0 cm³/mol. The Balaban J connectivity index is 3.39. The first-order valence-electron chi connectivity index (χ1n) is 3.54. The summed E-state index contributed by atoms with van der Waals surface area (Å²) in [5, 5.41) is 2.23. The summed E-state index contributed by atoms with van der Waals surface area (Å²) in [6.45, 7) is 0. The Kier molecular flexibility index (Phi) is 2.51. The molecule has 0 aliphatic heterocycles. The zero-order valence-corrected chi connectivity index (χ0v) is 8.20. The SMILES string of the molecule is Cn1ccnc1S(=O)(=O)C(F)(F)C(=O)O. The molecule has 0 aromatic carbocycles. The Hall–Kier alpha value is -1.51. The number of hydrogen-bond acceptors (Lipinski definition) is 4. The molecule has 0 fully saturated rings. The van der Waals surface area contributed by atoms with Gasteiger partial charge in [-0.1, -0.05) is 0 Å². The van der Waals surface area contributed by atoms with E-state index in [0.29, 0.717) is 0 Å². The lowest BCUT2D eigenvalue weighted by molar-refractivity contribution is -0.153. The molecule has 1 heterocycles. The zero-order chi connectivity index (χ0) is 11.9. The van der Waals surface area contributed by atoms with E-state index >= 15 is 0 Å². The minimum atomic E-state index is -5.31. The van der Waals surface area contributed by atoms with E-state index in [4.69, 9.17) is 5.11 Å². The van der Waals surface area contributed by atoms with Crippen LogP contribution in [0.4, 0.5) is 8.78 Å². The highest BCUT2D eigenvalue weighted by atomic mass is 32.2. The van der Waals surface area contributed by atoms with Crippen molar-refractivity contribution in [1.82, 2.24) is 9.55 Å². The molecule has 1 rings (SSSR count). The van der Waals surface area contributed by atoms with Crippen LogP contribution in [-0.2, 0) is 21.7 Å². The van der Waals surface area contributed by atoms with Crippen molar-refractivity contribution in [2.75, 3.05) is 0 Å². The molecule has 1 N–H and O–H groups in total. The van der Waals surface area contributed by atoms with Crippen molar-refractivity contribution in [3.63, 3.8) is 0 Å². The molecule has 15 heavy (non-hydrogen) atoms. The summed E-state index contributed by atoms with van der Waals surface area (Å²) < 4.78 is 48.8. The van der Waals surface area contributed by atoms with E-state index in [2.05, 4.69) is 4.98 Å². The highest BCUT2D eigenvalue weighted by Gasteiger charge is 2.55. The van der Waals surface area contributed by atoms with Gasteiger partial charge in [-0.2, -0.15) is 8.78 Å². The van der Waals surface area contributed by atoms with Crippen molar-refractivity contribution < 1.29 is 27.1 Å². The molecule has 0 unspecified atom stereocenters. The topological polar surface area (TPSA) is 89.3 Å². The molecule has 6 nitrogen and oxygen atoms in total. The van der Waals surface area contributed by atoms with Gasteiger partial charge in [-0.15, -0.1) is 0 Å².